The van der Waals surface area contributed by atoms with Gasteiger partial charge in [0.15, 0.2) is 0 Å². The van der Waals surface area contributed by atoms with Gasteiger partial charge >= 0.3 is 0 Å². The van der Waals surface area contributed by atoms with Gasteiger partial charge in [-0.25, -0.2) is 0 Å². The Kier molecular flexibility index (Phi) is 3.49. The molecule has 0 saturated carbocycles. The van der Waals surface area contributed by atoms with Crippen LogP contribution in [-0.4, -0.2) is 13.1 Å². The standard InChI is InChI=1S/C14H22N2/c1-11-5-4-8-16(10-11)14-12(2)6-3-7-13(14)9-15/h3,6-7,11H,4-5,8-10,15H2,1-2H3. The molecule has 2 rings (SSSR count). The molecule has 2 nitrogen and oxygen atoms in total. The molecule has 0 radical (unpaired) electrons. The van der Waals surface area contributed by atoms with Crippen LogP contribution in [0.1, 0.15) is 30.9 Å². The van der Waals surface area contributed by atoms with Crippen molar-refractivity contribution in [1.29, 1.82) is 0 Å². The minimum absolute atomic E-state index is 0.641. The van der Waals surface area contributed by atoms with E-state index >= 15 is 0 Å². The van der Waals surface area contributed by atoms with Crippen LogP contribution in [0.2, 0.25) is 0 Å². The second-order valence-electron chi connectivity index (χ2n) is 4.98. The Balaban J connectivity index is 2.30. The van der Waals surface area contributed by atoms with Crippen LogP contribution < -0.4 is 10.6 Å². The minimum Gasteiger partial charge on any atom is -0.371 e. The molecule has 1 unspecified atom stereocenters. The number of hydrogen-bond acceptors (Lipinski definition) is 2. The van der Waals surface area contributed by atoms with Gasteiger partial charge in [0.05, 0.1) is 0 Å². The number of para-hydroxylation sites is 1. The third-order valence-electron chi connectivity index (χ3n) is 3.51. The maximum Gasteiger partial charge on any atom is 0.0441 e. The van der Waals surface area contributed by atoms with E-state index in [1.807, 2.05) is 0 Å². The van der Waals surface area contributed by atoms with Crippen LogP contribution in [0.4, 0.5) is 5.69 Å². The van der Waals surface area contributed by atoms with E-state index in [2.05, 4.69) is 36.9 Å². The number of hydrogen-bond donors (Lipinski definition) is 1. The van der Waals surface area contributed by atoms with Crippen LogP contribution >= 0.6 is 0 Å². The molecule has 0 amide bonds. The van der Waals surface area contributed by atoms with E-state index in [4.69, 9.17) is 5.73 Å². The lowest BCUT2D eigenvalue weighted by molar-refractivity contribution is 0.446. The first-order valence-electron chi connectivity index (χ1n) is 6.26. The Bertz CT molecular complexity index is 360. The number of aryl methyl sites for hydroxylation is 1. The van der Waals surface area contributed by atoms with Crippen LogP contribution in [0.3, 0.4) is 0 Å². The molecule has 1 heterocycles. The van der Waals surface area contributed by atoms with Gasteiger partial charge in [-0.1, -0.05) is 25.1 Å². The fraction of sp³-hybridized carbons (Fsp3) is 0.571. The lowest BCUT2D eigenvalue weighted by atomic mass is 9.97. The molecule has 1 saturated heterocycles. The number of piperidine rings is 1. The molecule has 88 valence electrons. The van der Waals surface area contributed by atoms with Crippen LogP contribution in [0.25, 0.3) is 0 Å². The molecule has 1 aromatic rings. The lowest BCUT2D eigenvalue weighted by Gasteiger charge is -2.35. The van der Waals surface area contributed by atoms with Gasteiger partial charge in [0.2, 0.25) is 0 Å². The van der Waals surface area contributed by atoms with Crippen molar-refractivity contribution in [3.8, 4) is 0 Å². The molecule has 2 N–H and O–H groups in total. The van der Waals surface area contributed by atoms with Crippen LogP contribution in [0.5, 0.6) is 0 Å². The molecule has 16 heavy (non-hydrogen) atoms. The maximum atomic E-state index is 5.83. The highest BCUT2D eigenvalue weighted by molar-refractivity contribution is 5.59. The van der Waals surface area contributed by atoms with Crippen molar-refractivity contribution >= 4 is 5.69 Å². The molecule has 1 fully saturated rings. The highest BCUT2D eigenvalue weighted by Gasteiger charge is 2.19. The predicted octanol–water partition coefficient (Wildman–Crippen LogP) is 2.69. The summed E-state index contributed by atoms with van der Waals surface area (Å²) in [6.07, 6.45) is 2.67. The monoisotopic (exact) mass is 218 g/mol. The van der Waals surface area contributed by atoms with Gasteiger partial charge < -0.3 is 10.6 Å². The van der Waals surface area contributed by atoms with Crippen LogP contribution in [0, 0.1) is 12.8 Å². The Morgan fingerprint density at radius 3 is 2.94 bits per heavy atom. The quantitative estimate of drug-likeness (QED) is 0.827. The van der Waals surface area contributed by atoms with E-state index in [1.54, 1.807) is 0 Å². The minimum atomic E-state index is 0.641. The zero-order valence-electron chi connectivity index (χ0n) is 10.4. The first kappa shape index (κ1) is 11.5. The molecular weight excluding hydrogens is 196 g/mol. The average molecular weight is 218 g/mol. The normalized spacial score (nSPS) is 21.2. The van der Waals surface area contributed by atoms with Crippen molar-refractivity contribution < 1.29 is 0 Å². The van der Waals surface area contributed by atoms with E-state index in [0.29, 0.717) is 6.54 Å². The Hall–Kier alpha value is -1.02. The summed E-state index contributed by atoms with van der Waals surface area (Å²) >= 11 is 0. The zero-order valence-corrected chi connectivity index (χ0v) is 10.4. The van der Waals surface area contributed by atoms with Crippen LogP contribution in [0.15, 0.2) is 18.2 Å². The molecule has 0 aromatic heterocycles. The van der Waals surface area contributed by atoms with Crippen molar-refractivity contribution in [2.45, 2.75) is 33.2 Å². The summed E-state index contributed by atoms with van der Waals surface area (Å²) in [6, 6.07) is 6.45. The van der Waals surface area contributed by atoms with Gasteiger partial charge in [0, 0.05) is 25.3 Å². The summed E-state index contributed by atoms with van der Waals surface area (Å²) < 4.78 is 0. The van der Waals surface area contributed by atoms with E-state index in [9.17, 15) is 0 Å². The highest BCUT2D eigenvalue weighted by Crippen LogP contribution is 2.29. The molecule has 1 aliphatic heterocycles. The second-order valence-corrected chi connectivity index (χ2v) is 4.98. The third-order valence-corrected chi connectivity index (χ3v) is 3.51. The van der Waals surface area contributed by atoms with Crippen LogP contribution in [-0.2, 0) is 6.54 Å². The van der Waals surface area contributed by atoms with Gasteiger partial charge in [-0.2, -0.15) is 0 Å². The van der Waals surface area contributed by atoms with Gasteiger partial charge in [0.1, 0.15) is 0 Å². The number of nitrogens with zero attached hydrogens (tertiary/aromatic N) is 1. The van der Waals surface area contributed by atoms with Crippen molar-refractivity contribution in [3.63, 3.8) is 0 Å². The second kappa shape index (κ2) is 4.88. The summed E-state index contributed by atoms with van der Waals surface area (Å²) in [6.45, 7) is 7.53. The molecule has 0 aliphatic carbocycles. The molecule has 0 spiro atoms. The first-order chi connectivity index (χ1) is 7.72. The molecule has 0 bridgehead atoms. The first-order valence-corrected chi connectivity index (χ1v) is 6.26. The predicted molar refractivity (Wildman–Crippen MR) is 69.7 cm³/mol. The number of rotatable bonds is 2. The Morgan fingerprint density at radius 2 is 2.25 bits per heavy atom. The van der Waals surface area contributed by atoms with Gasteiger partial charge in [-0.05, 0) is 36.8 Å². The van der Waals surface area contributed by atoms with Crippen molar-refractivity contribution in [1.82, 2.24) is 0 Å². The van der Waals surface area contributed by atoms with E-state index in [1.165, 1.54) is 42.7 Å². The summed E-state index contributed by atoms with van der Waals surface area (Å²) in [5.74, 6) is 0.805. The number of nitrogens with two attached hydrogens (primary N) is 1. The fourth-order valence-electron chi connectivity index (χ4n) is 2.73. The molecule has 1 aromatic carbocycles. The van der Waals surface area contributed by atoms with E-state index < -0.39 is 0 Å². The van der Waals surface area contributed by atoms with Crippen molar-refractivity contribution in [2.24, 2.45) is 11.7 Å². The summed E-state index contributed by atoms with van der Waals surface area (Å²) in [5, 5.41) is 0. The zero-order chi connectivity index (χ0) is 11.5. The molecule has 2 heteroatoms. The Morgan fingerprint density at radius 1 is 1.44 bits per heavy atom. The summed E-state index contributed by atoms with van der Waals surface area (Å²) in [7, 11) is 0. The number of anilines is 1. The SMILES string of the molecule is Cc1cccc(CN)c1N1CCCC(C)C1. The molecule has 1 aliphatic rings. The lowest BCUT2D eigenvalue weighted by Crippen LogP contribution is -2.35. The fourth-order valence-corrected chi connectivity index (χ4v) is 2.73. The van der Waals surface area contributed by atoms with Crippen molar-refractivity contribution in [2.75, 3.05) is 18.0 Å². The molecular formula is C14H22N2. The van der Waals surface area contributed by atoms with E-state index in [0.717, 1.165) is 5.92 Å². The van der Waals surface area contributed by atoms with Gasteiger partial charge in [-0.15, -0.1) is 0 Å². The molecule has 1 atom stereocenters. The largest absolute Gasteiger partial charge is 0.371 e. The average Bonchev–Trinajstić information content (AvgIpc) is 2.28. The van der Waals surface area contributed by atoms with Crippen molar-refractivity contribution in [3.05, 3.63) is 29.3 Å². The topological polar surface area (TPSA) is 29.3 Å². The Labute approximate surface area is 98.4 Å². The number of benzene rings is 1. The van der Waals surface area contributed by atoms with Gasteiger partial charge in [0.25, 0.3) is 0 Å². The van der Waals surface area contributed by atoms with Gasteiger partial charge in [-0.3, -0.25) is 0 Å². The third kappa shape index (κ3) is 2.22. The highest BCUT2D eigenvalue weighted by atomic mass is 15.1. The summed E-state index contributed by atoms with van der Waals surface area (Å²) in [5.41, 5.74) is 9.86. The maximum absolute atomic E-state index is 5.83. The summed E-state index contributed by atoms with van der Waals surface area (Å²) in [4.78, 5) is 2.52. The smallest absolute Gasteiger partial charge is 0.0441 e. The van der Waals surface area contributed by atoms with E-state index in [-0.39, 0.29) is 0 Å².